The number of rotatable bonds is 6. The fourth-order valence-electron chi connectivity index (χ4n) is 3.83. The number of nitrogens with zero attached hydrogens (tertiary/aromatic N) is 3. The first-order valence-corrected chi connectivity index (χ1v) is 12.7. The molecule has 0 aliphatic carbocycles. The number of benzene rings is 3. The number of fused-ring (bicyclic) bond motifs is 1. The lowest BCUT2D eigenvalue weighted by Crippen LogP contribution is -2.48. The third kappa shape index (κ3) is 5.07. The van der Waals surface area contributed by atoms with Crippen molar-refractivity contribution in [3.05, 3.63) is 88.1 Å². The van der Waals surface area contributed by atoms with E-state index in [1.54, 1.807) is 37.4 Å². The van der Waals surface area contributed by atoms with Crippen molar-refractivity contribution in [1.29, 1.82) is 0 Å². The number of amides is 1. The van der Waals surface area contributed by atoms with Gasteiger partial charge in [0.2, 0.25) is 10.0 Å². The molecule has 1 N–H and O–H groups in total. The van der Waals surface area contributed by atoms with Crippen molar-refractivity contribution in [2.24, 2.45) is 0 Å². The molecule has 3 aromatic carbocycles. The number of hydrogen-bond donors (Lipinski definition) is 1. The number of carbonyl (C=O) groups is 2. The zero-order chi connectivity index (χ0) is 25.3. The van der Waals surface area contributed by atoms with Crippen LogP contribution in [0.1, 0.15) is 15.9 Å². The van der Waals surface area contributed by atoms with E-state index in [0.717, 1.165) is 4.31 Å². The van der Waals surface area contributed by atoms with Gasteiger partial charge in [-0.3, -0.25) is 9.59 Å². The number of carboxylic acid groups (broad SMARTS) is 1. The predicted molar refractivity (Wildman–Crippen MR) is 132 cm³/mol. The Bertz CT molecular complexity index is 1400. The van der Waals surface area contributed by atoms with E-state index in [-0.39, 0.29) is 34.9 Å². The lowest BCUT2D eigenvalue weighted by molar-refractivity contribution is -0.135. The number of carbonyl (C=O) groups excluding carboxylic acids is 1. The number of anilines is 2. The monoisotopic (exact) mass is 561 g/mol. The predicted octanol–water partition coefficient (Wildman–Crippen LogP) is 3.92. The van der Waals surface area contributed by atoms with Gasteiger partial charge in [-0.05, 0) is 42.5 Å². The van der Waals surface area contributed by atoms with Crippen molar-refractivity contribution < 1.29 is 27.5 Å². The first-order valence-electron chi connectivity index (χ1n) is 10.5. The molecule has 182 valence electrons. The van der Waals surface area contributed by atoms with Gasteiger partial charge in [-0.1, -0.05) is 40.2 Å². The largest absolute Gasteiger partial charge is 0.480 e. The van der Waals surface area contributed by atoms with Crippen molar-refractivity contribution in [2.75, 3.05) is 30.1 Å². The van der Waals surface area contributed by atoms with Gasteiger partial charge in [0.15, 0.2) is 0 Å². The van der Waals surface area contributed by atoms with Crippen molar-refractivity contribution >= 4 is 49.2 Å². The molecule has 0 bridgehead atoms. The van der Waals surface area contributed by atoms with Crippen LogP contribution in [0.15, 0.2) is 76.1 Å². The van der Waals surface area contributed by atoms with E-state index in [1.165, 1.54) is 40.1 Å². The second-order valence-electron chi connectivity index (χ2n) is 7.97. The van der Waals surface area contributed by atoms with E-state index < -0.39 is 34.3 Å². The third-order valence-electron chi connectivity index (χ3n) is 5.63. The number of aliphatic carboxylic acids is 1. The summed E-state index contributed by atoms with van der Waals surface area (Å²) in [6.45, 7) is -1.06. The number of carboxylic acids is 1. The van der Waals surface area contributed by atoms with E-state index in [1.807, 2.05) is 6.07 Å². The van der Waals surface area contributed by atoms with Crippen LogP contribution >= 0.6 is 15.9 Å². The zero-order valence-corrected chi connectivity index (χ0v) is 21.0. The molecule has 0 radical (unpaired) electrons. The Morgan fingerprint density at radius 3 is 2.46 bits per heavy atom. The van der Waals surface area contributed by atoms with Gasteiger partial charge in [0.05, 0.1) is 12.4 Å². The molecule has 0 aromatic heterocycles. The van der Waals surface area contributed by atoms with E-state index in [0.29, 0.717) is 10.2 Å². The Kier molecular flexibility index (Phi) is 6.93. The summed E-state index contributed by atoms with van der Waals surface area (Å²) in [5, 5.41) is 9.38. The molecule has 0 fully saturated rings. The van der Waals surface area contributed by atoms with E-state index in [2.05, 4.69) is 15.9 Å². The number of para-hydroxylation sites is 1. The fourth-order valence-corrected chi connectivity index (χ4v) is 5.78. The van der Waals surface area contributed by atoms with Gasteiger partial charge in [-0.25, -0.2) is 12.8 Å². The molecule has 0 atom stereocenters. The molecule has 0 spiro atoms. The van der Waals surface area contributed by atoms with E-state index in [9.17, 15) is 27.5 Å². The molecule has 8 nitrogen and oxygen atoms in total. The summed E-state index contributed by atoms with van der Waals surface area (Å²) in [6.07, 6.45) is 0. The number of hydrogen-bond acceptors (Lipinski definition) is 5. The summed E-state index contributed by atoms with van der Waals surface area (Å²) in [7, 11) is -2.60. The summed E-state index contributed by atoms with van der Waals surface area (Å²) in [5.74, 6) is -2.19. The van der Waals surface area contributed by atoms with Crippen LogP contribution in [0.2, 0.25) is 0 Å². The molecule has 1 aliphatic heterocycles. The van der Waals surface area contributed by atoms with Gasteiger partial charge in [-0.2, -0.15) is 4.31 Å². The van der Waals surface area contributed by atoms with Crippen LogP contribution in [0, 0.1) is 5.82 Å². The van der Waals surface area contributed by atoms with Crippen molar-refractivity contribution in [1.82, 2.24) is 4.31 Å². The van der Waals surface area contributed by atoms with Crippen LogP contribution in [0.4, 0.5) is 15.8 Å². The zero-order valence-electron chi connectivity index (χ0n) is 18.6. The molecule has 3 aromatic rings. The highest BCUT2D eigenvalue weighted by Crippen LogP contribution is 2.35. The third-order valence-corrected chi connectivity index (χ3v) is 7.93. The molecule has 0 saturated heterocycles. The van der Waals surface area contributed by atoms with Gasteiger partial charge in [0, 0.05) is 34.9 Å². The topological polar surface area (TPSA) is 98.2 Å². The molecular formula is C24H21BrFN3O5S. The summed E-state index contributed by atoms with van der Waals surface area (Å²) in [6, 6.07) is 17.3. The van der Waals surface area contributed by atoms with Crippen molar-refractivity contribution in [2.45, 2.75) is 11.4 Å². The van der Waals surface area contributed by atoms with Gasteiger partial charge >= 0.3 is 5.97 Å². The molecule has 1 heterocycles. The Balaban J connectivity index is 1.75. The fraction of sp³-hybridized carbons (Fsp3) is 0.167. The first-order chi connectivity index (χ1) is 16.6. The average Bonchev–Trinajstić information content (AvgIpc) is 2.83. The molecule has 35 heavy (non-hydrogen) atoms. The smallest absolute Gasteiger partial charge is 0.323 e. The highest BCUT2D eigenvalue weighted by molar-refractivity contribution is 9.10. The summed E-state index contributed by atoms with van der Waals surface area (Å²) >= 11 is 3.17. The molecule has 0 saturated carbocycles. The van der Waals surface area contributed by atoms with E-state index >= 15 is 0 Å². The summed E-state index contributed by atoms with van der Waals surface area (Å²) in [5.41, 5.74) is 1.04. The van der Waals surface area contributed by atoms with Crippen LogP contribution in [-0.2, 0) is 21.4 Å². The van der Waals surface area contributed by atoms with Gasteiger partial charge in [0.25, 0.3) is 5.91 Å². The summed E-state index contributed by atoms with van der Waals surface area (Å²) in [4.78, 5) is 27.1. The number of sulfonamides is 1. The van der Waals surface area contributed by atoms with Crippen molar-refractivity contribution in [3.8, 4) is 0 Å². The van der Waals surface area contributed by atoms with Gasteiger partial charge < -0.3 is 14.9 Å². The van der Waals surface area contributed by atoms with Crippen LogP contribution in [0.5, 0.6) is 0 Å². The second kappa shape index (κ2) is 9.76. The van der Waals surface area contributed by atoms with Gasteiger partial charge in [-0.15, -0.1) is 0 Å². The minimum atomic E-state index is -4.17. The average molecular weight is 562 g/mol. The molecule has 4 rings (SSSR count). The van der Waals surface area contributed by atoms with Crippen molar-refractivity contribution in [3.63, 3.8) is 0 Å². The van der Waals surface area contributed by atoms with Crippen LogP contribution in [-0.4, -0.2) is 50.0 Å². The standard InChI is InChI=1S/C24H21BrFN3O5S/c1-27(19-5-3-2-4-6-19)24(32)16-8-10-21-22(11-16)35(33,34)29(15-28(21)14-23(30)31)13-17-7-9-18(25)12-20(17)26/h2-12H,13-15H2,1H3,(H,30,31). The Morgan fingerprint density at radius 1 is 1.09 bits per heavy atom. The maximum atomic E-state index is 14.5. The van der Waals surface area contributed by atoms with Crippen LogP contribution in [0.25, 0.3) is 0 Å². The molecule has 0 unspecified atom stereocenters. The number of halogens is 2. The Morgan fingerprint density at radius 2 is 1.80 bits per heavy atom. The lowest BCUT2D eigenvalue weighted by Gasteiger charge is -2.37. The molecular weight excluding hydrogens is 541 g/mol. The van der Waals surface area contributed by atoms with Crippen LogP contribution in [0.3, 0.4) is 0 Å². The molecule has 1 amide bonds. The molecule has 11 heteroatoms. The minimum absolute atomic E-state index is 0.116. The highest BCUT2D eigenvalue weighted by atomic mass is 79.9. The molecule has 1 aliphatic rings. The maximum Gasteiger partial charge on any atom is 0.323 e. The lowest BCUT2D eigenvalue weighted by atomic mass is 10.1. The second-order valence-corrected chi connectivity index (χ2v) is 10.8. The highest BCUT2D eigenvalue weighted by Gasteiger charge is 2.37. The maximum absolute atomic E-state index is 14.5. The Labute approximate surface area is 210 Å². The quantitative estimate of drug-likeness (QED) is 0.490. The van der Waals surface area contributed by atoms with Gasteiger partial charge in [0.1, 0.15) is 17.3 Å². The summed E-state index contributed by atoms with van der Waals surface area (Å²) < 4.78 is 43.0. The first kappa shape index (κ1) is 24.8. The van der Waals surface area contributed by atoms with Crippen LogP contribution < -0.4 is 9.80 Å². The SMILES string of the molecule is CN(C(=O)c1ccc2c(c1)S(=O)(=O)N(Cc1ccc(Br)cc1F)CN2CC(=O)O)c1ccccc1. The Hall–Kier alpha value is -3.28. The normalized spacial score (nSPS) is 14.9. The minimum Gasteiger partial charge on any atom is -0.480 e. The van der Waals surface area contributed by atoms with E-state index in [4.69, 9.17) is 0 Å².